The normalized spacial score (nSPS) is 14.0. The average molecular weight is 359 g/mol. The van der Waals surface area contributed by atoms with E-state index in [0.29, 0.717) is 35.4 Å². The summed E-state index contributed by atoms with van der Waals surface area (Å²) in [7, 11) is 0. The second-order valence-corrected chi connectivity index (χ2v) is 6.92. The molecule has 2 aromatic heterocycles. The first-order valence-electron chi connectivity index (χ1n) is 9.02. The summed E-state index contributed by atoms with van der Waals surface area (Å²) in [6.45, 7) is 0.336. The zero-order chi connectivity index (χ0) is 18.4. The van der Waals surface area contributed by atoms with Gasteiger partial charge in [0.25, 0.3) is 0 Å². The van der Waals surface area contributed by atoms with Gasteiger partial charge in [-0.25, -0.2) is 14.4 Å². The van der Waals surface area contributed by atoms with Gasteiger partial charge in [-0.3, -0.25) is 4.68 Å². The Morgan fingerprint density at radius 1 is 1.07 bits per heavy atom. The third kappa shape index (κ3) is 2.83. The van der Waals surface area contributed by atoms with Crippen molar-refractivity contribution in [2.45, 2.75) is 25.3 Å². The first-order chi connectivity index (χ1) is 13.2. The highest BCUT2D eigenvalue weighted by Crippen LogP contribution is 2.42. The second-order valence-electron chi connectivity index (χ2n) is 6.92. The van der Waals surface area contributed by atoms with Gasteiger partial charge in [-0.05, 0) is 30.9 Å². The lowest BCUT2D eigenvalue weighted by Gasteiger charge is -2.05. The van der Waals surface area contributed by atoms with Crippen LogP contribution in [0.3, 0.4) is 0 Å². The van der Waals surface area contributed by atoms with Crippen molar-refractivity contribution in [3.8, 4) is 11.5 Å². The van der Waals surface area contributed by atoms with E-state index in [1.807, 2.05) is 36.5 Å². The Morgan fingerprint density at radius 2 is 1.85 bits per heavy atom. The number of fused-ring (bicyclic) bond motifs is 1. The first kappa shape index (κ1) is 15.9. The van der Waals surface area contributed by atoms with Crippen LogP contribution >= 0.6 is 0 Å². The minimum Gasteiger partial charge on any atom is -0.383 e. The van der Waals surface area contributed by atoms with Crippen molar-refractivity contribution in [3.05, 3.63) is 71.7 Å². The number of hydrogen-bond acceptors (Lipinski definition) is 4. The zero-order valence-corrected chi connectivity index (χ0v) is 14.6. The highest BCUT2D eigenvalue weighted by molar-refractivity contribution is 5.91. The topological polar surface area (TPSA) is 69.6 Å². The Bertz CT molecular complexity index is 1150. The number of nitrogen functional groups attached to an aromatic ring is 1. The molecule has 134 valence electrons. The van der Waals surface area contributed by atoms with Gasteiger partial charge in [0.05, 0.1) is 12.1 Å². The predicted molar refractivity (Wildman–Crippen MR) is 103 cm³/mol. The minimum atomic E-state index is -0.243. The molecule has 0 unspecified atom stereocenters. The van der Waals surface area contributed by atoms with Crippen molar-refractivity contribution >= 4 is 16.7 Å². The molecule has 0 amide bonds. The van der Waals surface area contributed by atoms with E-state index in [9.17, 15) is 4.39 Å². The first-order valence-corrected chi connectivity index (χ1v) is 9.02. The number of anilines is 1. The van der Waals surface area contributed by atoms with Crippen LogP contribution < -0.4 is 5.73 Å². The quantitative estimate of drug-likeness (QED) is 0.594. The van der Waals surface area contributed by atoms with Crippen LogP contribution in [-0.2, 0) is 6.54 Å². The molecule has 0 radical (unpaired) electrons. The molecule has 6 heteroatoms. The lowest BCUT2D eigenvalue weighted by atomic mass is 10.1. The summed E-state index contributed by atoms with van der Waals surface area (Å²) >= 11 is 0. The van der Waals surface area contributed by atoms with Crippen LogP contribution in [0.15, 0.2) is 54.7 Å². The van der Waals surface area contributed by atoms with E-state index in [4.69, 9.17) is 10.8 Å². The molecular formula is C21H18FN5. The number of aromatic nitrogens is 4. The van der Waals surface area contributed by atoms with Crippen molar-refractivity contribution in [1.29, 1.82) is 0 Å². The van der Waals surface area contributed by atoms with Gasteiger partial charge in [0.2, 0.25) is 0 Å². The standard InChI is InChI=1S/C21H18FN5/c22-17-7-3-1-5-14(17)12-27-18-8-4-2-6-15(18)19(26-27)21-24-11-16(13-9-10-13)20(23)25-21/h1-8,11,13H,9-10,12H2,(H2,23,24,25). The van der Waals surface area contributed by atoms with Gasteiger partial charge in [-0.2, -0.15) is 5.10 Å². The van der Waals surface area contributed by atoms with E-state index >= 15 is 0 Å². The summed E-state index contributed by atoms with van der Waals surface area (Å²) in [5, 5.41) is 5.62. The number of rotatable bonds is 4. The van der Waals surface area contributed by atoms with E-state index < -0.39 is 0 Å². The highest BCUT2D eigenvalue weighted by atomic mass is 19.1. The molecule has 5 rings (SSSR count). The lowest BCUT2D eigenvalue weighted by molar-refractivity contribution is 0.590. The van der Waals surface area contributed by atoms with Crippen LogP contribution in [0.1, 0.15) is 29.9 Å². The minimum absolute atomic E-state index is 0.243. The van der Waals surface area contributed by atoms with Gasteiger partial charge < -0.3 is 5.73 Å². The van der Waals surface area contributed by atoms with Gasteiger partial charge >= 0.3 is 0 Å². The smallest absolute Gasteiger partial charge is 0.182 e. The number of para-hydroxylation sites is 1. The van der Waals surface area contributed by atoms with Gasteiger partial charge in [0.15, 0.2) is 5.82 Å². The Hall–Kier alpha value is -3.28. The molecule has 1 aliphatic rings. The molecule has 0 aliphatic heterocycles. The molecule has 1 saturated carbocycles. The number of nitrogens with two attached hydrogens (primary N) is 1. The molecule has 0 bridgehead atoms. The fourth-order valence-corrected chi connectivity index (χ4v) is 3.43. The van der Waals surface area contributed by atoms with Crippen molar-refractivity contribution in [1.82, 2.24) is 19.7 Å². The second kappa shape index (κ2) is 6.16. The van der Waals surface area contributed by atoms with Crippen molar-refractivity contribution in [2.24, 2.45) is 0 Å². The molecule has 0 spiro atoms. The number of nitrogens with zero attached hydrogens (tertiary/aromatic N) is 4. The average Bonchev–Trinajstić information content (AvgIpc) is 3.46. The molecule has 2 aromatic carbocycles. The summed E-state index contributed by atoms with van der Waals surface area (Å²) in [6.07, 6.45) is 4.11. The summed E-state index contributed by atoms with van der Waals surface area (Å²) < 4.78 is 15.9. The van der Waals surface area contributed by atoms with Crippen molar-refractivity contribution in [3.63, 3.8) is 0 Å². The van der Waals surface area contributed by atoms with E-state index in [-0.39, 0.29) is 5.82 Å². The Kier molecular flexibility index (Phi) is 3.63. The van der Waals surface area contributed by atoms with Crippen LogP contribution in [-0.4, -0.2) is 19.7 Å². The van der Waals surface area contributed by atoms with Crippen LogP contribution in [0.5, 0.6) is 0 Å². The zero-order valence-electron chi connectivity index (χ0n) is 14.6. The molecule has 0 saturated heterocycles. The third-order valence-electron chi connectivity index (χ3n) is 5.01. The molecule has 27 heavy (non-hydrogen) atoms. The molecule has 4 aromatic rings. The molecule has 0 atom stereocenters. The van der Waals surface area contributed by atoms with Gasteiger partial charge in [-0.1, -0.05) is 36.4 Å². The van der Waals surface area contributed by atoms with Gasteiger partial charge in [0, 0.05) is 22.7 Å². The van der Waals surface area contributed by atoms with Crippen molar-refractivity contribution in [2.75, 3.05) is 5.73 Å². The molecule has 1 aliphatic carbocycles. The summed E-state index contributed by atoms with van der Waals surface area (Å²) in [5.41, 5.74) is 9.34. The molecular weight excluding hydrogens is 341 g/mol. The lowest BCUT2D eigenvalue weighted by Crippen LogP contribution is -2.04. The SMILES string of the molecule is Nc1nc(-c2nn(Cc3ccccc3F)c3ccccc23)ncc1C1CC1. The van der Waals surface area contributed by atoms with Gasteiger partial charge in [0.1, 0.15) is 17.3 Å². The van der Waals surface area contributed by atoms with E-state index in [2.05, 4.69) is 9.97 Å². The van der Waals surface area contributed by atoms with Crippen LogP contribution in [0, 0.1) is 5.82 Å². The monoisotopic (exact) mass is 359 g/mol. The summed E-state index contributed by atoms with van der Waals surface area (Å²) in [6, 6.07) is 14.6. The Labute approximate surface area is 155 Å². The summed E-state index contributed by atoms with van der Waals surface area (Å²) in [5.74, 6) is 1.28. The Balaban J connectivity index is 1.61. The largest absolute Gasteiger partial charge is 0.383 e. The fraction of sp³-hybridized carbons (Fsp3) is 0.190. The van der Waals surface area contributed by atoms with Gasteiger partial charge in [-0.15, -0.1) is 0 Å². The maximum absolute atomic E-state index is 14.1. The van der Waals surface area contributed by atoms with E-state index in [1.54, 1.807) is 16.8 Å². The fourth-order valence-electron chi connectivity index (χ4n) is 3.43. The maximum Gasteiger partial charge on any atom is 0.182 e. The van der Waals surface area contributed by atoms with Crippen molar-refractivity contribution < 1.29 is 4.39 Å². The highest BCUT2D eigenvalue weighted by Gasteiger charge is 2.27. The molecule has 1 fully saturated rings. The Morgan fingerprint density at radius 3 is 2.63 bits per heavy atom. The van der Waals surface area contributed by atoms with E-state index in [1.165, 1.54) is 6.07 Å². The third-order valence-corrected chi connectivity index (χ3v) is 5.01. The number of hydrogen-bond donors (Lipinski definition) is 1. The summed E-state index contributed by atoms with van der Waals surface area (Å²) in [4.78, 5) is 9.03. The molecule has 5 nitrogen and oxygen atoms in total. The predicted octanol–water partition coefficient (Wildman–Crippen LogP) is 4.14. The van der Waals surface area contributed by atoms with E-state index in [0.717, 1.165) is 29.3 Å². The molecule has 2 N–H and O–H groups in total. The van der Waals surface area contributed by atoms with Crippen LogP contribution in [0.25, 0.3) is 22.4 Å². The maximum atomic E-state index is 14.1. The molecule has 2 heterocycles. The number of benzene rings is 2. The van der Waals surface area contributed by atoms with Crippen LogP contribution in [0.2, 0.25) is 0 Å². The number of halogens is 1. The van der Waals surface area contributed by atoms with Crippen LogP contribution in [0.4, 0.5) is 10.2 Å².